The maximum atomic E-state index is 11.2. The smallest absolute Gasteiger partial charge is 0.227 e. The molecule has 1 aromatic carbocycles. The van der Waals surface area contributed by atoms with Gasteiger partial charge in [0.1, 0.15) is 0 Å². The number of benzene rings is 1. The lowest BCUT2D eigenvalue weighted by atomic mass is 10.1. The molecule has 0 bridgehead atoms. The first kappa shape index (κ1) is 9.99. The van der Waals surface area contributed by atoms with Gasteiger partial charge in [0.2, 0.25) is 5.91 Å². The minimum atomic E-state index is -0.0164. The van der Waals surface area contributed by atoms with Crippen molar-refractivity contribution in [2.24, 2.45) is 0 Å². The predicted molar refractivity (Wildman–Crippen MR) is 63.3 cm³/mol. The van der Waals surface area contributed by atoms with Crippen molar-refractivity contribution in [3.63, 3.8) is 0 Å². The summed E-state index contributed by atoms with van der Waals surface area (Å²) < 4.78 is 1.55. The SMILES string of the molecule is C=Cc1cc(Cl)cc2cn(C(C)=O)cc12. The number of carbonyl (C=O) groups excluding carboxylic acids is 1. The number of hydrogen-bond acceptors (Lipinski definition) is 1. The number of aromatic nitrogens is 1. The summed E-state index contributed by atoms with van der Waals surface area (Å²) in [5, 5.41) is 2.59. The molecule has 0 radical (unpaired) electrons. The molecule has 0 aliphatic heterocycles. The molecular formula is C12H10ClNO. The van der Waals surface area contributed by atoms with E-state index in [9.17, 15) is 4.79 Å². The number of hydrogen-bond donors (Lipinski definition) is 0. The Bertz CT molecular complexity index is 554. The van der Waals surface area contributed by atoms with Crippen LogP contribution in [0.1, 0.15) is 17.3 Å². The van der Waals surface area contributed by atoms with Crippen molar-refractivity contribution in [2.45, 2.75) is 6.92 Å². The molecule has 0 saturated carbocycles. The molecule has 0 atom stereocenters. The van der Waals surface area contributed by atoms with Gasteiger partial charge in [0.05, 0.1) is 0 Å². The van der Waals surface area contributed by atoms with E-state index in [0.29, 0.717) is 5.02 Å². The van der Waals surface area contributed by atoms with Gasteiger partial charge in [0, 0.05) is 35.1 Å². The molecule has 1 heterocycles. The molecule has 15 heavy (non-hydrogen) atoms. The maximum absolute atomic E-state index is 11.2. The van der Waals surface area contributed by atoms with Crippen LogP contribution in [0.3, 0.4) is 0 Å². The summed E-state index contributed by atoms with van der Waals surface area (Å²) in [6.07, 6.45) is 5.31. The van der Waals surface area contributed by atoms with Crippen molar-refractivity contribution in [2.75, 3.05) is 0 Å². The molecule has 0 aliphatic carbocycles. The van der Waals surface area contributed by atoms with Crippen molar-refractivity contribution >= 4 is 34.4 Å². The minimum absolute atomic E-state index is 0.0164. The predicted octanol–water partition coefficient (Wildman–Crippen LogP) is 3.60. The highest BCUT2D eigenvalue weighted by Crippen LogP contribution is 2.25. The topological polar surface area (TPSA) is 22.0 Å². The lowest BCUT2D eigenvalue weighted by molar-refractivity contribution is 0.0937. The number of fused-ring (bicyclic) bond motifs is 1. The summed E-state index contributed by atoms with van der Waals surface area (Å²) in [5.74, 6) is -0.0164. The van der Waals surface area contributed by atoms with Gasteiger partial charge in [-0.3, -0.25) is 9.36 Å². The molecule has 0 fully saturated rings. The fraction of sp³-hybridized carbons (Fsp3) is 0.0833. The van der Waals surface area contributed by atoms with E-state index in [1.165, 1.54) is 6.92 Å². The summed E-state index contributed by atoms with van der Waals surface area (Å²) in [5.41, 5.74) is 0.942. The molecule has 1 aromatic heterocycles. The van der Waals surface area contributed by atoms with Crippen LogP contribution in [0.2, 0.25) is 5.02 Å². The molecule has 3 heteroatoms. The van der Waals surface area contributed by atoms with Gasteiger partial charge in [-0.1, -0.05) is 24.3 Å². The van der Waals surface area contributed by atoms with E-state index in [1.807, 2.05) is 12.1 Å². The fourth-order valence-corrected chi connectivity index (χ4v) is 1.83. The van der Waals surface area contributed by atoms with Gasteiger partial charge in [-0.15, -0.1) is 0 Å². The zero-order chi connectivity index (χ0) is 11.0. The molecule has 2 nitrogen and oxygen atoms in total. The second kappa shape index (κ2) is 3.55. The lowest BCUT2D eigenvalue weighted by Crippen LogP contribution is -2.00. The van der Waals surface area contributed by atoms with Crippen LogP contribution >= 0.6 is 11.6 Å². The van der Waals surface area contributed by atoms with Crippen LogP contribution in [-0.2, 0) is 0 Å². The lowest BCUT2D eigenvalue weighted by Gasteiger charge is -1.96. The highest BCUT2D eigenvalue weighted by molar-refractivity contribution is 6.31. The average Bonchev–Trinajstić information content (AvgIpc) is 2.59. The minimum Gasteiger partial charge on any atom is -0.294 e. The van der Waals surface area contributed by atoms with Gasteiger partial charge < -0.3 is 0 Å². The quantitative estimate of drug-likeness (QED) is 0.718. The third-order valence-corrected chi connectivity index (χ3v) is 2.56. The first-order valence-corrected chi connectivity index (χ1v) is 4.94. The van der Waals surface area contributed by atoms with Crippen LogP contribution in [0, 0.1) is 0 Å². The molecule has 0 saturated heterocycles. The average molecular weight is 220 g/mol. The molecule has 0 aliphatic rings. The second-order valence-electron chi connectivity index (χ2n) is 3.39. The molecule has 0 amide bonds. The Hall–Kier alpha value is -1.54. The van der Waals surface area contributed by atoms with E-state index in [4.69, 9.17) is 11.6 Å². The van der Waals surface area contributed by atoms with E-state index in [1.54, 1.807) is 23.0 Å². The van der Waals surface area contributed by atoms with Crippen molar-refractivity contribution in [3.8, 4) is 0 Å². The number of carbonyl (C=O) groups is 1. The Labute approximate surface area is 92.8 Å². The molecular weight excluding hydrogens is 210 g/mol. The van der Waals surface area contributed by atoms with E-state index in [2.05, 4.69) is 6.58 Å². The zero-order valence-electron chi connectivity index (χ0n) is 8.33. The van der Waals surface area contributed by atoms with Gasteiger partial charge in [-0.05, 0) is 17.7 Å². The van der Waals surface area contributed by atoms with Crippen LogP contribution in [0.4, 0.5) is 0 Å². The number of rotatable bonds is 1. The van der Waals surface area contributed by atoms with Crippen LogP contribution < -0.4 is 0 Å². The van der Waals surface area contributed by atoms with Crippen molar-refractivity contribution in [1.29, 1.82) is 0 Å². The molecule has 76 valence electrons. The third-order valence-electron chi connectivity index (χ3n) is 2.34. The first-order chi connectivity index (χ1) is 7.11. The van der Waals surface area contributed by atoms with Gasteiger partial charge >= 0.3 is 0 Å². The van der Waals surface area contributed by atoms with E-state index in [0.717, 1.165) is 16.3 Å². The van der Waals surface area contributed by atoms with Gasteiger partial charge in [0.25, 0.3) is 0 Å². The Kier molecular flexibility index (Phi) is 2.37. The summed E-state index contributed by atoms with van der Waals surface area (Å²) >= 11 is 5.95. The van der Waals surface area contributed by atoms with Crippen LogP contribution in [-0.4, -0.2) is 10.5 Å². The van der Waals surface area contributed by atoms with E-state index < -0.39 is 0 Å². The Morgan fingerprint density at radius 3 is 2.80 bits per heavy atom. The molecule has 0 unspecified atom stereocenters. The van der Waals surface area contributed by atoms with E-state index >= 15 is 0 Å². The molecule has 0 N–H and O–H groups in total. The third kappa shape index (κ3) is 1.68. The van der Waals surface area contributed by atoms with Crippen molar-refractivity contribution < 1.29 is 4.79 Å². The summed E-state index contributed by atoms with van der Waals surface area (Å²) in [7, 11) is 0. The number of nitrogens with zero attached hydrogens (tertiary/aromatic N) is 1. The molecule has 0 spiro atoms. The second-order valence-corrected chi connectivity index (χ2v) is 3.82. The van der Waals surface area contributed by atoms with Crippen LogP contribution in [0.25, 0.3) is 16.8 Å². The van der Waals surface area contributed by atoms with Gasteiger partial charge in [0.15, 0.2) is 0 Å². The maximum Gasteiger partial charge on any atom is 0.227 e. The van der Waals surface area contributed by atoms with Gasteiger partial charge in [-0.25, -0.2) is 0 Å². The van der Waals surface area contributed by atoms with E-state index in [-0.39, 0.29) is 5.91 Å². The molecule has 2 aromatic rings. The Morgan fingerprint density at radius 1 is 1.47 bits per heavy atom. The largest absolute Gasteiger partial charge is 0.294 e. The van der Waals surface area contributed by atoms with Crippen molar-refractivity contribution in [3.05, 3.63) is 41.7 Å². The number of halogens is 1. The summed E-state index contributed by atoms with van der Waals surface area (Å²) in [4.78, 5) is 11.2. The van der Waals surface area contributed by atoms with Gasteiger partial charge in [-0.2, -0.15) is 0 Å². The first-order valence-electron chi connectivity index (χ1n) is 4.56. The zero-order valence-corrected chi connectivity index (χ0v) is 9.08. The van der Waals surface area contributed by atoms with Crippen LogP contribution in [0.5, 0.6) is 0 Å². The highest BCUT2D eigenvalue weighted by Gasteiger charge is 2.06. The summed E-state index contributed by atoms with van der Waals surface area (Å²) in [6.45, 7) is 5.25. The highest BCUT2D eigenvalue weighted by atomic mass is 35.5. The molecule has 2 rings (SSSR count). The monoisotopic (exact) mass is 219 g/mol. The Balaban J connectivity index is 2.79. The Morgan fingerprint density at radius 2 is 2.20 bits per heavy atom. The normalized spacial score (nSPS) is 10.5. The summed E-state index contributed by atoms with van der Waals surface area (Å²) in [6, 6.07) is 3.67. The van der Waals surface area contributed by atoms with Crippen molar-refractivity contribution in [1.82, 2.24) is 4.57 Å². The standard InChI is InChI=1S/C12H10ClNO/c1-3-9-4-11(13)5-10-6-14(8(2)15)7-12(9)10/h3-7H,1H2,2H3. The fourth-order valence-electron chi connectivity index (χ4n) is 1.59. The van der Waals surface area contributed by atoms with Crippen LogP contribution in [0.15, 0.2) is 31.1 Å².